The summed E-state index contributed by atoms with van der Waals surface area (Å²) in [6.45, 7) is 4.02. The summed E-state index contributed by atoms with van der Waals surface area (Å²) in [7, 11) is 3.66. The van der Waals surface area contributed by atoms with Crippen molar-refractivity contribution < 1.29 is 9.53 Å². The maximum atomic E-state index is 12.0. The highest BCUT2D eigenvalue weighted by Crippen LogP contribution is 2.19. The zero-order valence-electron chi connectivity index (χ0n) is 11.4. The molecule has 98 valence electrons. The summed E-state index contributed by atoms with van der Waals surface area (Å²) < 4.78 is 5.12. The van der Waals surface area contributed by atoms with Gasteiger partial charge in [0.15, 0.2) is 0 Å². The molecule has 1 aromatic rings. The Hall–Kier alpha value is -1.84. The van der Waals surface area contributed by atoms with Gasteiger partial charge in [0.1, 0.15) is 5.92 Å². The molecule has 1 rings (SSSR count). The first-order chi connectivity index (χ1) is 8.56. The highest BCUT2D eigenvalue weighted by atomic mass is 16.5. The van der Waals surface area contributed by atoms with Crippen molar-refractivity contribution in [3.05, 3.63) is 35.9 Å². The van der Waals surface area contributed by atoms with Crippen LogP contribution in [0.3, 0.4) is 0 Å². The van der Waals surface area contributed by atoms with Crippen LogP contribution in [0, 0.1) is 0 Å². The summed E-state index contributed by atoms with van der Waals surface area (Å²) in [5.41, 5.74) is 1.63. The lowest BCUT2D eigenvalue weighted by molar-refractivity contribution is -0.143. The van der Waals surface area contributed by atoms with E-state index in [0.717, 1.165) is 11.3 Å². The van der Waals surface area contributed by atoms with E-state index < -0.39 is 5.92 Å². The molecule has 0 aliphatic rings. The third-order valence-corrected chi connectivity index (χ3v) is 2.43. The summed E-state index contributed by atoms with van der Waals surface area (Å²) >= 11 is 0. The highest BCUT2D eigenvalue weighted by Gasteiger charge is 2.25. The smallest absolute Gasteiger partial charge is 0.319 e. The van der Waals surface area contributed by atoms with Gasteiger partial charge in [0.05, 0.1) is 12.3 Å². The van der Waals surface area contributed by atoms with Gasteiger partial charge in [0.2, 0.25) is 0 Å². The van der Waals surface area contributed by atoms with Gasteiger partial charge in [-0.3, -0.25) is 4.79 Å². The molecule has 4 nitrogen and oxygen atoms in total. The monoisotopic (exact) mass is 248 g/mol. The summed E-state index contributed by atoms with van der Waals surface area (Å²) in [6, 6.07) is 9.56. The molecule has 1 aromatic carbocycles. The number of esters is 1. The Kier molecular flexibility index (Phi) is 5.36. The second kappa shape index (κ2) is 6.79. The number of ether oxygens (including phenoxy) is 1. The summed E-state index contributed by atoms with van der Waals surface area (Å²) in [6.07, 6.45) is 0. The molecule has 0 aromatic heterocycles. The van der Waals surface area contributed by atoms with Gasteiger partial charge in [0, 0.05) is 14.1 Å². The van der Waals surface area contributed by atoms with Crippen LogP contribution in [-0.4, -0.2) is 37.4 Å². The quantitative estimate of drug-likeness (QED) is 0.456. The molecule has 0 radical (unpaired) electrons. The lowest BCUT2D eigenvalue weighted by atomic mass is 9.95. The first-order valence-corrected chi connectivity index (χ1v) is 6.00. The molecular formula is C14H20N2O2. The van der Waals surface area contributed by atoms with Crippen LogP contribution >= 0.6 is 0 Å². The molecule has 18 heavy (non-hydrogen) atoms. The lowest BCUT2D eigenvalue weighted by Gasteiger charge is -2.17. The Labute approximate surface area is 108 Å². The summed E-state index contributed by atoms with van der Waals surface area (Å²) in [5, 5.41) is 5.99. The van der Waals surface area contributed by atoms with Crippen LogP contribution in [-0.2, 0) is 9.53 Å². The van der Waals surface area contributed by atoms with Gasteiger partial charge in [-0.25, -0.2) is 0 Å². The second-order valence-electron chi connectivity index (χ2n) is 4.18. The Bertz CT molecular complexity index is 413. The van der Waals surface area contributed by atoms with Crippen molar-refractivity contribution in [1.82, 2.24) is 5.01 Å². The standard InChI is InChI=1S/C14H20N2O2/c1-5-18-14(17)13(11(2)15-16(3)4)12-9-7-6-8-10-12/h6-10,13H,5H2,1-4H3. The van der Waals surface area contributed by atoms with Crippen molar-refractivity contribution in [3.8, 4) is 0 Å². The van der Waals surface area contributed by atoms with Crippen LogP contribution in [0.4, 0.5) is 0 Å². The topological polar surface area (TPSA) is 41.9 Å². The number of hydrogen-bond donors (Lipinski definition) is 0. The van der Waals surface area contributed by atoms with Crippen LogP contribution in [0.15, 0.2) is 35.4 Å². The van der Waals surface area contributed by atoms with E-state index in [0.29, 0.717) is 6.61 Å². The predicted molar refractivity (Wildman–Crippen MR) is 72.6 cm³/mol. The van der Waals surface area contributed by atoms with Crippen molar-refractivity contribution in [1.29, 1.82) is 0 Å². The molecule has 1 atom stereocenters. The SMILES string of the molecule is CCOC(=O)C(C(C)=NN(C)C)c1ccccc1. The van der Waals surface area contributed by atoms with Crippen molar-refractivity contribution in [2.45, 2.75) is 19.8 Å². The van der Waals surface area contributed by atoms with Gasteiger partial charge >= 0.3 is 5.97 Å². The summed E-state index contributed by atoms with van der Waals surface area (Å²) in [5.74, 6) is -0.694. The van der Waals surface area contributed by atoms with Crippen molar-refractivity contribution >= 4 is 11.7 Å². The first kappa shape index (κ1) is 14.2. The van der Waals surface area contributed by atoms with E-state index in [1.54, 1.807) is 11.9 Å². The van der Waals surface area contributed by atoms with Crippen LogP contribution in [0.1, 0.15) is 25.3 Å². The normalized spacial score (nSPS) is 13.0. The molecule has 0 spiro atoms. The fourth-order valence-electron chi connectivity index (χ4n) is 1.79. The molecule has 4 heteroatoms. The molecule has 1 unspecified atom stereocenters. The second-order valence-corrected chi connectivity index (χ2v) is 4.18. The van der Waals surface area contributed by atoms with Crippen molar-refractivity contribution in [3.63, 3.8) is 0 Å². The molecule has 0 saturated heterocycles. The first-order valence-electron chi connectivity index (χ1n) is 6.00. The van der Waals surface area contributed by atoms with Gasteiger partial charge in [-0.15, -0.1) is 0 Å². The molecule has 0 heterocycles. The Balaban J connectivity index is 3.07. The number of nitrogens with zero attached hydrogens (tertiary/aromatic N) is 2. The number of benzene rings is 1. The zero-order valence-corrected chi connectivity index (χ0v) is 11.4. The Morgan fingerprint density at radius 3 is 2.44 bits per heavy atom. The average molecular weight is 248 g/mol. The Morgan fingerprint density at radius 2 is 1.94 bits per heavy atom. The highest BCUT2D eigenvalue weighted by molar-refractivity contribution is 6.06. The molecule has 0 saturated carbocycles. The zero-order chi connectivity index (χ0) is 13.5. The van der Waals surface area contributed by atoms with E-state index in [9.17, 15) is 4.79 Å². The van der Waals surface area contributed by atoms with E-state index in [1.807, 2.05) is 51.4 Å². The van der Waals surface area contributed by atoms with Gasteiger partial charge in [0.25, 0.3) is 0 Å². The minimum atomic E-state index is -0.437. The number of rotatable bonds is 5. The maximum Gasteiger partial charge on any atom is 0.319 e. The number of hydrazone groups is 1. The van der Waals surface area contributed by atoms with Crippen molar-refractivity contribution in [2.24, 2.45) is 5.10 Å². The average Bonchev–Trinajstić information content (AvgIpc) is 2.30. The molecule has 0 aliphatic carbocycles. The summed E-state index contributed by atoms with van der Waals surface area (Å²) in [4.78, 5) is 12.0. The molecule has 0 amide bonds. The predicted octanol–water partition coefficient (Wildman–Crippen LogP) is 2.27. The fraction of sp³-hybridized carbons (Fsp3) is 0.429. The van der Waals surface area contributed by atoms with E-state index in [1.165, 1.54) is 0 Å². The van der Waals surface area contributed by atoms with Crippen LogP contribution in [0.2, 0.25) is 0 Å². The molecule has 0 bridgehead atoms. The van der Waals surface area contributed by atoms with Gasteiger partial charge in [-0.2, -0.15) is 5.10 Å². The van der Waals surface area contributed by atoms with E-state index in [2.05, 4.69) is 5.10 Å². The molecule has 0 N–H and O–H groups in total. The minimum Gasteiger partial charge on any atom is -0.465 e. The third-order valence-electron chi connectivity index (χ3n) is 2.43. The maximum absolute atomic E-state index is 12.0. The third kappa shape index (κ3) is 3.87. The number of carbonyl (C=O) groups is 1. The van der Waals surface area contributed by atoms with E-state index >= 15 is 0 Å². The number of hydrogen-bond acceptors (Lipinski definition) is 4. The largest absolute Gasteiger partial charge is 0.465 e. The van der Waals surface area contributed by atoms with Crippen LogP contribution in [0.25, 0.3) is 0 Å². The van der Waals surface area contributed by atoms with E-state index in [-0.39, 0.29) is 5.97 Å². The molecule has 0 fully saturated rings. The van der Waals surface area contributed by atoms with E-state index in [4.69, 9.17) is 4.74 Å². The van der Waals surface area contributed by atoms with Gasteiger partial charge in [-0.1, -0.05) is 30.3 Å². The fourth-order valence-corrected chi connectivity index (χ4v) is 1.79. The number of carbonyl (C=O) groups excluding carboxylic acids is 1. The van der Waals surface area contributed by atoms with Gasteiger partial charge < -0.3 is 9.75 Å². The van der Waals surface area contributed by atoms with Crippen molar-refractivity contribution in [2.75, 3.05) is 20.7 Å². The van der Waals surface area contributed by atoms with Crippen LogP contribution in [0.5, 0.6) is 0 Å². The van der Waals surface area contributed by atoms with Gasteiger partial charge in [-0.05, 0) is 19.4 Å². The molecular weight excluding hydrogens is 228 g/mol. The Morgan fingerprint density at radius 1 is 1.33 bits per heavy atom. The lowest BCUT2D eigenvalue weighted by Crippen LogP contribution is -2.24. The molecule has 0 aliphatic heterocycles. The van der Waals surface area contributed by atoms with Crippen LogP contribution < -0.4 is 0 Å². The minimum absolute atomic E-state index is 0.258.